The number of anilines is 1. The van der Waals surface area contributed by atoms with Crippen LogP contribution in [-0.4, -0.2) is 32.2 Å². The third kappa shape index (κ3) is 3.21. The van der Waals surface area contributed by atoms with Gasteiger partial charge in [0.15, 0.2) is 0 Å². The molecule has 1 fully saturated rings. The maximum atomic E-state index is 12.7. The fraction of sp³-hybridized carbons (Fsp3) is 0.429. The lowest BCUT2D eigenvalue weighted by Crippen LogP contribution is -2.45. The molecule has 28 heavy (non-hydrogen) atoms. The first-order valence-electron chi connectivity index (χ1n) is 9.86. The molecule has 3 aromatic rings. The van der Waals surface area contributed by atoms with Crippen LogP contribution < -0.4 is 16.0 Å². The zero-order valence-corrected chi connectivity index (χ0v) is 16.3. The second-order valence-electron chi connectivity index (χ2n) is 7.39. The summed E-state index contributed by atoms with van der Waals surface area (Å²) in [6.45, 7) is 3.66. The average Bonchev–Trinajstić information content (AvgIpc) is 2.74. The summed E-state index contributed by atoms with van der Waals surface area (Å²) in [6.07, 6.45) is 7.41. The maximum absolute atomic E-state index is 12.7. The number of hydrogen-bond acceptors (Lipinski definition) is 5. The molecule has 0 N–H and O–H groups in total. The van der Waals surface area contributed by atoms with E-state index in [1.807, 2.05) is 36.7 Å². The van der Waals surface area contributed by atoms with Gasteiger partial charge in [0.05, 0.1) is 11.0 Å². The number of benzene rings is 1. The Balaban J connectivity index is 1.59. The number of nitrogens with zero attached hydrogens (tertiary/aromatic N) is 5. The monoisotopic (exact) mass is 379 g/mol. The van der Waals surface area contributed by atoms with E-state index < -0.39 is 11.1 Å². The van der Waals surface area contributed by atoms with Crippen molar-refractivity contribution < 1.29 is 0 Å². The van der Waals surface area contributed by atoms with E-state index in [4.69, 9.17) is 0 Å². The molecule has 0 unspecified atom stereocenters. The van der Waals surface area contributed by atoms with Crippen LogP contribution in [0.5, 0.6) is 0 Å². The van der Waals surface area contributed by atoms with Gasteiger partial charge in [-0.1, -0.05) is 25.5 Å². The number of piperidine rings is 1. The molecule has 7 heteroatoms. The largest absolute Gasteiger partial charge is 0.341 e. The molecule has 7 nitrogen and oxygen atoms in total. The van der Waals surface area contributed by atoms with Gasteiger partial charge in [0.1, 0.15) is 0 Å². The van der Waals surface area contributed by atoms with Crippen LogP contribution in [0.1, 0.15) is 37.8 Å². The Morgan fingerprint density at radius 3 is 2.29 bits per heavy atom. The van der Waals surface area contributed by atoms with E-state index in [2.05, 4.69) is 21.8 Å². The summed E-state index contributed by atoms with van der Waals surface area (Å²) in [5.41, 5.74) is 1.83. The molecular formula is C21H25N5O2. The molecule has 0 bridgehead atoms. The van der Waals surface area contributed by atoms with Crippen LogP contribution >= 0.6 is 0 Å². The van der Waals surface area contributed by atoms with Crippen molar-refractivity contribution in [3.8, 4) is 0 Å². The summed E-state index contributed by atoms with van der Waals surface area (Å²) in [5.74, 6) is 0.736. The van der Waals surface area contributed by atoms with Gasteiger partial charge in [-0.15, -0.1) is 0 Å². The smallest absolute Gasteiger partial charge is 0.317 e. The third-order valence-electron chi connectivity index (χ3n) is 5.55. The van der Waals surface area contributed by atoms with Gasteiger partial charge < -0.3 is 9.47 Å². The predicted molar refractivity (Wildman–Crippen MR) is 110 cm³/mol. The Labute approximate surface area is 163 Å². The quantitative estimate of drug-likeness (QED) is 0.650. The number of fused-ring (bicyclic) bond motifs is 1. The molecule has 1 aliphatic rings. The molecule has 0 amide bonds. The number of hydrogen-bond donors (Lipinski definition) is 0. The van der Waals surface area contributed by atoms with Crippen molar-refractivity contribution in [2.75, 3.05) is 18.0 Å². The minimum atomic E-state index is -0.476. The lowest BCUT2D eigenvalue weighted by atomic mass is 10.0. The number of para-hydroxylation sites is 2. The maximum Gasteiger partial charge on any atom is 0.317 e. The van der Waals surface area contributed by atoms with Crippen LogP contribution in [0, 0.1) is 0 Å². The Bertz CT molecular complexity index is 1090. The third-order valence-corrected chi connectivity index (χ3v) is 5.55. The van der Waals surface area contributed by atoms with Crippen molar-refractivity contribution in [1.82, 2.24) is 19.1 Å². The van der Waals surface area contributed by atoms with E-state index >= 15 is 0 Å². The van der Waals surface area contributed by atoms with Crippen LogP contribution in [0.15, 0.2) is 46.2 Å². The molecule has 0 atom stereocenters. The standard InChI is InChI=1S/C21H25N5O2/c1-3-6-15-13-22-21(23-14-15)25-11-9-16(10-12-25)26-18-8-5-4-7-17(18)24(2)19(27)20(26)28/h4-5,7-8,13-14,16H,3,6,9-12H2,1-2H3. The molecular weight excluding hydrogens is 354 g/mol. The molecule has 0 radical (unpaired) electrons. The molecule has 0 saturated carbocycles. The van der Waals surface area contributed by atoms with Crippen molar-refractivity contribution in [2.45, 2.75) is 38.6 Å². The van der Waals surface area contributed by atoms with Crippen molar-refractivity contribution in [3.05, 3.63) is 62.9 Å². The Hall–Kier alpha value is -2.96. The summed E-state index contributed by atoms with van der Waals surface area (Å²) in [7, 11) is 1.65. The number of rotatable bonds is 4. The summed E-state index contributed by atoms with van der Waals surface area (Å²) < 4.78 is 3.13. The lowest BCUT2D eigenvalue weighted by Gasteiger charge is -2.33. The molecule has 1 aromatic carbocycles. The van der Waals surface area contributed by atoms with Crippen LogP contribution in [0.3, 0.4) is 0 Å². The van der Waals surface area contributed by atoms with Gasteiger partial charge in [-0.25, -0.2) is 9.97 Å². The van der Waals surface area contributed by atoms with Gasteiger partial charge in [0, 0.05) is 38.6 Å². The molecule has 146 valence electrons. The highest BCUT2D eigenvalue weighted by Crippen LogP contribution is 2.26. The average molecular weight is 379 g/mol. The van der Waals surface area contributed by atoms with Gasteiger partial charge in [-0.2, -0.15) is 0 Å². The molecule has 3 heterocycles. The van der Waals surface area contributed by atoms with Crippen molar-refractivity contribution >= 4 is 17.0 Å². The van der Waals surface area contributed by atoms with E-state index in [1.54, 1.807) is 11.6 Å². The van der Waals surface area contributed by atoms with E-state index in [9.17, 15) is 9.59 Å². The fourth-order valence-electron chi connectivity index (χ4n) is 4.03. The predicted octanol–water partition coefficient (Wildman–Crippen LogP) is 2.28. The second-order valence-corrected chi connectivity index (χ2v) is 7.39. The summed E-state index contributed by atoms with van der Waals surface area (Å²) in [4.78, 5) is 36.3. The van der Waals surface area contributed by atoms with E-state index in [-0.39, 0.29) is 6.04 Å². The summed E-state index contributed by atoms with van der Waals surface area (Å²) in [6, 6.07) is 7.59. The first-order chi connectivity index (χ1) is 13.6. The van der Waals surface area contributed by atoms with Crippen LogP contribution in [-0.2, 0) is 13.5 Å². The Kier molecular flexibility index (Phi) is 4.98. The van der Waals surface area contributed by atoms with Gasteiger partial charge in [0.25, 0.3) is 0 Å². The molecule has 0 aliphatic carbocycles. The highest BCUT2D eigenvalue weighted by Gasteiger charge is 2.25. The minimum absolute atomic E-state index is 0.00177. The SMILES string of the molecule is CCCc1cnc(N2CCC(n3c(=O)c(=O)n(C)c4ccccc43)CC2)nc1. The fourth-order valence-corrected chi connectivity index (χ4v) is 4.03. The number of aromatic nitrogens is 4. The van der Waals surface area contributed by atoms with E-state index in [0.29, 0.717) is 0 Å². The molecule has 2 aromatic heterocycles. The van der Waals surface area contributed by atoms with Gasteiger partial charge in [-0.05, 0) is 37.0 Å². The summed E-state index contributed by atoms with van der Waals surface area (Å²) in [5, 5.41) is 0. The van der Waals surface area contributed by atoms with Crippen LogP contribution in [0.2, 0.25) is 0 Å². The van der Waals surface area contributed by atoms with Crippen molar-refractivity contribution in [2.24, 2.45) is 7.05 Å². The lowest BCUT2D eigenvalue weighted by molar-refractivity contribution is 0.391. The summed E-state index contributed by atoms with van der Waals surface area (Å²) >= 11 is 0. The minimum Gasteiger partial charge on any atom is -0.341 e. The Morgan fingerprint density at radius 1 is 1.00 bits per heavy atom. The highest BCUT2D eigenvalue weighted by atomic mass is 16.2. The van der Waals surface area contributed by atoms with Crippen LogP contribution in [0.4, 0.5) is 5.95 Å². The molecule has 4 rings (SSSR count). The van der Waals surface area contributed by atoms with Crippen molar-refractivity contribution in [1.29, 1.82) is 0 Å². The zero-order chi connectivity index (χ0) is 19.7. The van der Waals surface area contributed by atoms with E-state index in [1.165, 1.54) is 4.57 Å². The van der Waals surface area contributed by atoms with Gasteiger partial charge >= 0.3 is 11.1 Å². The molecule has 0 spiro atoms. The van der Waals surface area contributed by atoms with Crippen LogP contribution in [0.25, 0.3) is 11.0 Å². The first kappa shape index (κ1) is 18.4. The Morgan fingerprint density at radius 2 is 1.64 bits per heavy atom. The zero-order valence-electron chi connectivity index (χ0n) is 16.3. The normalized spacial score (nSPS) is 15.3. The van der Waals surface area contributed by atoms with Crippen molar-refractivity contribution in [3.63, 3.8) is 0 Å². The van der Waals surface area contributed by atoms with E-state index in [0.717, 1.165) is 61.3 Å². The topological polar surface area (TPSA) is 73.0 Å². The molecule has 1 saturated heterocycles. The molecule has 1 aliphatic heterocycles. The second kappa shape index (κ2) is 7.58. The van der Waals surface area contributed by atoms with Gasteiger partial charge in [0.2, 0.25) is 5.95 Å². The highest BCUT2D eigenvalue weighted by molar-refractivity contribution is 5.75. The first-order valence-corrected chi connectivity index (χ1v) is 9.86. The number of aryl methyl sites for hydroxylation is 2. The van der Waals surface area contributed by atoms with Gasteiger partial charge in [-0.3, -0.25) is 14.2 Å².